The Kier molecular flexibility index (Phi) is 5.22. The molecule has 0 aromatic heterocycles. The molecular formula is C16H30N2O2. The van der Waals surface area contributed by atoms with Crippen molar-refractivity contribution in [3.05, 3.63) is 0 Å². The molecule has 1 rings (SSSR count). The quantitative estimate of drug-likeness (QED) is 0.842. The van der Waals surface area contributed by atoms with Gasteiger partial charge in [-0.1, -0.05) is 34.6 Å². The number of piperazine rings is 1. The Labute approximate surface area is 123 Å². The van der Waals surface area contributed by atoms with Crippen LogP contribution in [0.2, 0.25) is 0 Å². The molecule has 116 valence electrons. The first-order chi connectivity index (χ1) is 9.14. The van der Waals surface area contributed by atoms with Crippen molar-refractivity contribution in [2.45, 2.75) is 66.5 Å². The molecule has 0 bridgehead atoms. The Morgan fingerprint density at radius 1 is 1.20 bits per heavy atom. The van der Waals surface area contributed by atoms with E-state index in [0.717, 1.165) is 0 Å². The summed E-state index contributed by atoms with van der Waals surface area (Å²) in [5.74, 6) is 1.41. The molecule has 1 aliphatic heterocycles. The lowest BCUT2D eigenvalue weighted by molar-refractivity contribution is -0.155. The number of nitrogens with one attached hydrogen (secondary N) is 1. The zero-order valence-corrected chi connectivity index (χ0v) is 14.0. The third-order valence-corrected chi connectivity index (χ3v) is 4.81. The van der Waals surface area contributed by atoms with Gasteiger partial charge in [-0.05, 0) is 38.0 Å². The van der Waals surface area contributed by atoms with Crippen LogP contribution < -0.4 is 5.32 Å². The van der Waals surface area contributed by atoms with Crippen molar-refractivity contribution in [2.24, 2.45) is 17.8 Å². The van der Waals surface area contributed by atoms with Crippen molar-refractivity contribution >= 4 is 11.8 Å². The second-order valence-corrected chi connectivity index (χ2v) is 6.96. The number of nitrogens with zero attached hydrogens (tertiary/aromatic N) is 1. The predicted octanol–water partition coefficient (Wildman–Crippen LogP) is 2.43. The number of hydrogen-bond donors (Lipinski definition) is 1. The van der Waals surface area contributed by atoms with Gasteiger partial charge in [0.1, 0.15) is 11.6 Å². The molecule has 4 heteroatoms. The maximum atomic E-state index is 12.7. The molecule has 0 aliphatic carbocycles. The van der Waals surface area contributed by atoms with Gasteiger partial charge in [0.25, 0.3) is 0 Å². The van der Waals surface area contributed by atoms with E-state index >= 15 is 0 Å². The zero-order valence-electron chi connectivity index (χ0n) is 14.0. The van der Waals surface area contributed by atoms with Crippen LogP contribution >= 0.6 is 0 Å². The molecule has 0 aromatic rings. The maximum absolute atomic E-state index is 12.7. The minimum atomic E-state index is -0.748. The van der Waals surface area contributed by atoms with Crippen molar-refractivity contribution < 1.29 is 9.59 Å². The van der Waals surface area contributed by atoms with Crippen LogP contribution in [0.25, 0.3) is 0 Å². The van der Waals surface area contributed by atoms with E-state index in [4.69, 9.17) is 0 Å². The minimum Gasteiger partial charge on any atom is -0.340 e. The number of hydrogen-bond acceptors (Lipinski definition) is 2. The molecule has 1 heterocycles. The number of carbonyl (C=O) groups is 2. The largest absolute Gasteiger partial charge is 0.340 e. The van der Waals surface area contributed by atoms with E-state index in [2.05, 4.69) is 33.0 Å². The first-order valence-electron chi connectivity index (χ1n) is 7.77. The molecule has 4 nitrogen and oxygen atoms in total. The van der Waals surface area contributed by atoms with E-state index in [1.165, 1.54) is 0 Å². The SMILES string of the molecule is CCC1(C)NC(=O)C(C)N(CC(C(C)C)C(C)C)C1=O. The van der Waals surface area contributed by atoms with Gasteiger partial charge in [-0.3, -0.25) is 9.59 Å². The predicted molar refractivity (Wildman–Crippen MR) is 81.2 cm³/mol. The lowest BCUT2D eigenvalue weighted by Crippen LogP contribution is -2.69. The first-order valence-corrected chi connectivity index (χ1v) is 7.77. The van der Waals surface area contributed by atoms with Crippen molar-refractivity contribution in [1.82, 2.24) is 10.2 Å². The molecule has 2 amide bonds. The summed E-state index contributed by atoms with van der Waals surface area (Å²) in [4.78, 5) is 26.7. The van der Waals surface area contributed by atoms with Crippen LogP contribution in [0.4, 0.5) is 0 Å². The molecule has 20 heavy (non-hydrogen) atoms. The molecule has 1 fully saturated rings. The molecular weight excluding hydrogens is 252 g/mol. The lowest BCUT2D eigenvalue weighted by Gasteiger charge is -2.45. The third kappa shape index (κ3) is 3.15. The van der Waals surface area contributed by atoms with E-state index in [0.29, 0.717) is 30.7 Å². The van der Waals surface area contributed by atoms with Crippen LogP contribution in [0.3, 0.4) is 0 Å². The third-order valence-electron chi connectivity index (χ3n) is 4.81. The molecule has 1 N–H and O–H groups in total. The van der Waals surface area contributed by atoms with Gasteiger partial charge in [-0.15, -0.1) is 0 Å². The van der Waals surface area contributed by atoms with Crippen LogP contribution in [0.5, 0.6) is 0 Å². The van der Waals surface area contributed by atoms with Crippen LogP contribution in [-0.4, -0.2) is 34.8 Å². The Bertz CT molecular complexity index is 371. The number of amides is 2. The van der Waals surface area contributed by atoms with E-state index < -0.39 is 5.54 Å². The van der Waals surface area contributed by atoms with Crippen LogP contribution in [-0.2, 0) is 9.59 Å². The Morgan fingerprint density at radius 3 is 2.10 bits per heavy atom. The average Bonchev–Trinajstić information content (AvgIpc) is 2.35. The van der Waals surface area contributed by atoms with Crippen LogP contribution in [0.1, 0.15) is 54.9 Å². The molecule has 0 saturated carbocycles. The molecule has 2 unspecified atom stereocenters. The highest BCUT2D eigenvalue weighted by molar-refractivity contribution is 5.99. The standard InChI is InChI=1S/C16H30N2O2/c1-8-16(7)15(20)18(12(6)14(19)17-16)9-13(10(2)3)11(4)5/h10-13H,8-9H2,1-7H3,(H,17,19). The number of rotatable bonds is 5. The summed E-state index contributed by atoms with van der Waals surface area (Å²) in [7, 11) is 0. The highest BCUT2D eigenvalue weighted by Gasteiger charge is 2.46. The van der Waals surface area contributed by atoms with E-state index in [-0.39, 0.29) is 17.9 Å². The fraction of sp³-hybridized carbons (Fsp3) is 0.875. The molecule has 0 radical (unpaired) electrons. The summed E-state index contributed by atoms with van der Waals surface area (Å²) >= 11 is 0. The topological polar surface area (TPSA) is 49.4 Å². The molecule has 0 aromatic carbocycles. The molecule has 2 atom stereocenters. The van der Waals surface area contributed by atoms with Gasteiger partial charge >= 0.3 is 0 Å². The second kappa shape index (κ2) is 6.15. The van der Waals surface area contributed by atoms with Crippen molar-refractivity contribution in [3.63, 3.8) is 0 Å². The summed E-state index contributed by atoms with van der Waals surface area (Å²) in [6.07, 6.45) is 0.620. The Morgan fingerprint density at radius 2 is 1.70 bits per heavy atom. The fourth-order valence-electron chi connectivity index (χ4n) is 2.96. The van der Waals surface area contributed by atoms with Gasteiger partial charge < -0.3 is 10.2 Å². The fourth-order valence-corrected chi connectivity index (χ4v) is 2.96. The first kappa shape index (κ1) is 17.0. The van der Waals surface area contributed by atoms with Crippen molar-refractivity contribution in [3.8, 4) is 0 Å². The summed E-state index contributed by atoms with van der Waals surface area (Å²) < 4.78 is 0. The van der Waals surface area contributed by atoms with Gasteiger partial charge in [-0.2, -0.15) is 0 Å². The summed E-state index contributed by atoms with van der Waals surface area (Å²) in [6.45, 7) is 15.0. The van der Waals surface area contributed by atoms with E-state index in [9.17, 15) is 9.59 Å². The average molecular weight is 282 g/mol. The lowest BCUT2D eigenvalue weighted by atomic mass is 9.83. The summed E-state index contributed by atoms with van der Waals surface area (Å²) in [5, 5.41) is 2.87. The summed E-state index contributed by atoms with van der Waals surface area (Å²) in [6, 6.07) is -0.373. The number of carbonyl (C=O) groups excluding carboxylic acids is 2. The van der Waals surface area contributed by atoms with Gasteiger partial charge in [0.05, 0.1) is 0 Å². The highest BCUT2D eigenvalue weighted by Crippen LogP contribution is 2.27. The van der Waals surface area contributed by atoms with Gasteiger partial charge in [0.2, 0.25) is 11.8 Å². The Balaban J connectivity index is 3.00. The summed E-state index contributed by atoms with van der Waals surface area (Å²) in [5.41, 5.74) is -0.748. The van der Waals surface area contributed by atoms with E-state index in [1.54, 1.807) is 4.90 Å². The highest BCUT2D eigenvalue weighted by atomic mass is 16.2. The normalized spacial score (nSPS) is 27.7. The zero-order chi connectivity index (χ0) is 15.7. The van der Waals surface area contributed by atoms with Gasteiger partial charge in [0, 0.05) is 6.54 Å². The minimum absolute atomic E-state index is 0.0415. The molecule has 0 spiro atoms. The van der Waals surface area contributed by atoms with Crippen molar-refractivity contribution in [1.29, 1.82) is 0 Å². The maximum Gasteiger partial charge on any atom is 0.248 e. The molecule has 1 aliphatic rings. The Hall–Kier alpha value is -1.06. The van der Waals surface area contributed by atoms with Crippen molar-refractivity contribution in [2.75, 3.05) is 6.54 Å². The molecule has 1 saturated heterocycles. The van der Waals surface area contributed by atoms with E-state index in [1.807, 2.05) is 20.8 Å². The monoisotopic (exact) mass is 282 g/mol. The van der Waals surface area contributed by atoms with Gasteiger partial charge in [-0.25, -0.2) is 0 Å². The van der Waals surface area contributed by atoms with Crippen LogP contribution in [0, 0.1) is 17.8 Å². The smallest absolute Gasteiger partial charge is 0.248 e. The second-order valence-electron chi connectivity index (χ2n) is 6.96. The van der Waals surface area contributed by atoms with Crippen LogP contribution in [0.15, 0.2) is 0 Å². The van der Waals surface area contributed by atoms with Gasteiger partial charge in [0.15, 0.2) is 0 Å².